The lowest BCUT2D eigenvalue weighted by molar-refractivity contribution is -0.122. The normalized spacial score (nSPS) is 17.8. The lowest BCUT2D eigenvalue weighted by atomic mass is 10.2. The zero-order chi connectivity index (χ0) is 15.8. The summed E-state index contributed by atoms with van der Waals surface area (Å²) in [6.45, 7) is 7.43. The molecule has 1 saturated heterocycles. The van der Waals surface area contributed by atoms with Crippen LogP contribution in [0, 0.1) is 13.8 Å². The SMILES string of the molecule is Cc1cc(C)n(CCCNC(=O)CCOCC2CCCO2)n1. The van der Waals surface area contributed by atoms with Crippen molar-refractivity contribution >= 4 is 5.91 Å². The molecule has 1 aromatic rings. The summed E-state index contributed by atoms with van der Waals surface area (Å²) in [5, 5.41) is 7.31. The van der Waals surface area contributed by atoms with Crippen molar-refractivity contribution in [1.82, 2.24) is 15.1 Å². The summed E-state index contributed by atoms with van der Waals surface area (Å²) >= 11 is 0. The van der Waals surface area contributed by atoms with Gasteiger partial charge in [-0.2, -0.15) is 5.10 Å². The number of ether oxygens (including phenoxy) is 2. The van der Waals surface area contributed by atoms with Gasteiger partial charge >= 0.3 is 0 Å². The number of carbonyl (C=O) groups is 1. The fourth-order valence-corrected chi connectivity index (χ4v) is 2.60. The molecule has 0 spiro atoms. The lowest BCUT2D eigenvalue weighted by Gasteiger charge is -2.10. The first-order valence-corrected chi connectivity index (χ1v) is 8.12. The smallest absolute Gasteiger partial charge is 0.222 e. The van der Waals surface area contributed by atoms with E-state index >= 15 is 0 Å². The predicted molar refractivity (Wildman–Crippen MR) is 83.7 cm³/mol. The van der Waals surface area contributed by atoms with Crippen LogP contribution in [-0.2, 0) is 20.8 Å². The fourth-order valence-electron chi connectivity index (χ4n) is 2.60. The van der Waals surface area contributed by atoms with Gasteiger partial charge in [-0.1, -0.05) is 0 Å². The molecule has 124 valence electrons. The van der Waals surface area contributed by atoms with Crippen LogP contribution < -0.4 is 5.32 Å². The minimum Gasteiger partial charge on any atom is -0.378 e. The van der Waals surface area contributed by atoms with Gasteiger partial charge in [-0.25, -0.2) is 0 Å². The molecule has 1 aliphatic rings. The van der Waals surface area contributed by atoms with Gasteiger partial charge < -0.3 is 14.8 Å². The van der Waals surface area contributed by atoms with Gasteiger partial charge in [-0.15, -0.1) is 0 Å². The molecule has 1 aliphatic heterocycles. The Balaban J connectivity index is 1.48. The van der Waals surface area contributed by atoms with Crippen molar-refractivity contribution in [3.63, 3.8) is 0 Å². The third-order valence-corrected chi connectivity index (χ3v) is 3.77. The molecule has 6 nitrogen and oxygen atoms in total. The largest absolute Gasteiger partial charge is 0.378 e. The van der Waals surface area contributed by atoms with Crippen LogP contribution >= 0.6 is 0 Å². The average molecular weight is 309 g/mol. The Kier molecular flexibility index (Phi) is 6.86. The molecule has 0 saturated carbocycles. The lowest BCUT2D eigenvalue weighted by Crippen LogP contribution is -2.27. The first kappa shape index (κ1) is 17.0. The first-order valence-electron chi connectivity index (χ1n) is 8.12. The van der Waals surface area contributed by atoms with Gasteiger partial charge in [0.2, 0.25) is 5.91 Å². The molecule has 1 atom stereocenters. The van der Waals surface area contributed by atoms with Crippen LogP contribution in [0.3, 0.4) is 0 Å². The number of aryl methyl sites for hydroxylation is 3. The van der Waals surface area contributed by atoms with E-state index < -0.39 is 0 Å². The zero-order valence-corrected chi connectivity index (χ0v) is 13.6. The van der Waals surface area contributed by atoms with E-state index in [1.807, 2.05) is 18.5 Å². The number of nitrogens with one attached hydrogen (secondary N) is 1. The topological polar surface area (TPSA) is 65.4 Å². The van der Waals surface area contributed by atoms with Gasteiger partial charge in [0, 0.05) is 31.8 Å². The molecule has 1 aromatic heterocycles. The van der Waals surface area contributed by atoms with Crippen molar-refractivity contribution in [2.45, 2.75) is 52.2 Å². The van der Waals surface area contributed by atoms with Gasteiger partial charge in [0.05, 0.1) is 25.0 Å². The molecule has 1 unspecified atom stereocenters. The summed E-state index contributed by atoms with van der Waals surface area (Å²) in [7, 11) is 0. The molecule has 6 heteroatoms. The molecular weight excluding hydrogens is 282 g/mol. The summed E-state index contributed by atoms with van der Waals surface area (Å²) in [5.74, 6) is 0.0423. The molecule has 1 fully saturated rings. The molecule has 1 amide bonds. The second-order valence-corrected chi connectivity index (χ2v) is 5.81. The van der Waals surface area contributed by atoms with E-state index in [-0.39, 0.29) is 12.0 Å². The maximum atomic E-state index is 11.7. The summed E-state index contributed by atoms with van der Waals surface area (Å²) in [6.07, 6.45) is 3.70. The third-order valence-electron chi connectivity index (χ3n) is 3.77. The van der Waals surface area contributed by atoms with Crippen molar-refractivity contribution in [3.05, 3.63) is 17.5 Å². The van der Waals surface area contributed by atoms with Gasteiger partial charge in [-0.05, 0) is 39.2 Å². The van der Waals surface area contributed by atoms with E-state index in [9.17, 15) is 4.79 Å². The van der Waals surface area contributed by atoms with Crippen LogP contribution in [0.1, 0.15) is 37.1 Å². The molecule has 0 aliphatic carbocycles. The van der Waals surface area contributed by atoms with Crippen LogP contribution in [0.5, 0.6) is 0 Å². The summed E-state index contributed by atoms with van der Waals surface area (Å²) < 4.78 is 12.9. The Bertz CT molecular complexity index is 467. The van der Waals surface area contributed by atoms with Gasteiger partial charge in [-0.3, -0.25) is 9.48 Å². The Morgan fingerprint density at radius 2 is 2.41 bits per heavy atom. The average Bonchev–Trinajstić information content (AvgIpc) is 3.10. The summed E-state index contributed by atoms with van der Waals surface area (Å²) in [4.78, 5) is 11.7. The minimum absolute atomic E-state index is 0.0423. The molecule has 0 bridgehead atoms. The van der Waals surface area contributed by atoms with Gasteiger partial charge in [0.25, 0.3) is 0 Å². The van der Waals surface area contributed by atoms with E-state index in [4.69, 9.17) is 9.47 Å². The maximum absolute atomic E-state index is 11.7. The number of amides is 1. The van der Waals surface area contributed by atoms with Crippen molar-refractivity contribution in [2.75, 3.05) is 26.4 Å². The van der Waals surface area contributed by atoms with Crippen molar-refractivity contribution < 1.29 is 14.3 Å². The van der Waals surface area contributed by atoms with Crippen LogP contribution in [-0.4, -0.2) is 48.2 Å². The van der Waals surface area contributed by atoms with Crippen LogP contribution in [0.15, 0.2) is 6.07 Å². The highest BCUT2D eigenvalue weighted by Gasteiger charge is 2.15. The van der Waals surface area contributed by atoms with Crippen LogP contribution in [0.25, 0.3) is 0 Å². The third kappa shape index (κ3) is 5.77. The van der Waals surface area contributed by atoms with E-state index in [0.29, 0.717) is 26.2 Å². The second kappa shape index (κ2) is 8.90. The van der Waals surface area contributed by atoms with E-state index in [2.05, 4.69) is 16.5 Å². The highest BCUT2D eigenvalue weighted by molar-refractivity contribution is 5.75. The molecular formula is C16H27N3O3. The number of hydrogen-bond donors (Lipinski definition) is 1. The van der Waals surface area contributed by atoms with Crippen molar-refractivity contribution in [1.29, 1.82) is 0 Å². The van der Waals surface area contributed by atoms with Crippen LogP contribution in [0.4, 0.5) is 0 Å². The Hall–Kier alpha value is -1.40. The van der Waals surface area contributed by atoms with E-state index in [0.717, 1.165) is 43.8 Å². The molecule has 0 aromatic carbocycles. The summed E-state index contributed by atoms with van der Waals surface area (Å²) in [6, 6.07) is 2.06. The van der Waals surface area contributed by atoms with E-state index in [1.165, 1.54) is 0 Å². The second-order valence-electron chi connectivity index (χ2n) is 5.81. The summed E-state index contributed by atoms with van der Waals surface area (Å²) in [5.41, 5.74) is 2.19. The molecule has 2 rings (SSSR count). The number of rotatable bonds is 9. The molecule has 22 heavy (non-hydrogen) atoms. The van der Waals surface area contributed by atoms with Crippen molar-refractivity contribution in [3.8, 4) is 0 Å². The monoisotopic (exact) mass is 309 g/mol. The predicted octanol–water partition coefficient (Wildman–Crippen LogP) is 1.59. The first-order chi connectivity index (χ1) is 10.6. The Morgan fingerprint density at radius 1 is 1.55 bits per heavy atom. The van der Waals surface area contributed by atoms with Gasteiger partial charge in [0.1, 0.15) is 0 Å². The van der Waals surface area contributed by atoms with Crippen molar-refractivity contribution in [2.24, 2.45) is 0 Å². The maximum Gasteiger partial charge on any atom is 0.222 e. The van der Waals surface area contributed by atoms with Gasteiger partial charge in [0.15, 0.2) is 0 Å². The quantitative estimate of drug-likeness (QED) is 0.704. The fraction of sp³-hybridized carbons (Fsp3) is 0.750. The molecule has 1 N–H and O–H groups in total. The Labute approximate surface area is 132 Å². The zero-order valence-electron chi connectivity index (χ0n) is 13.6. The number of hydrogen-bond acceptors (Lipinski definition) is 4. The standard InChI is InChI=1S/C16H27N3O3/c1-13-11-14(2)19(18-13)8-4-7-17-16(20)6-10-21-12-15-5-3-9-22-15/h11,15H,3-10,12H2,1-2H3,(H,17,20). The minimum atomic E-state index is 0.0423. The molecule has 0 radical (unpaired) electrons. The number of carbonyl (C=O) groups excluding carboxylic acids is 1. The Morgan fingerprint density at radius 3 is 3.09 bits per heavy atom. The number of aromatic nitrogens is 2. The highest BCUT2D eigenvalue weighted by Crippen LogP contribution is 2.11. The van der Waals surface area contributed by atoms with Crippen LogP contribution in [0.2, 0.25) is 0 Å². The highest BCUT2D eigenvalue weighted by atomic mass is 16.5. The van der Waals surface area contributed by atoms with E-state index in [1.54, 1.807) is 0 Å². The number of nitrogens with zero attached hydrogens (tertiary/aromatic N) is 2. The molecule has 2 heterocycles.